The number of aromatic nitrogens is 1. The van der Waals surface area contributed by atoms with Gasteiger partial charge in [-0.25, -0.2) is 4.79 Å². The summed E-state index contributed by atoms with van der Waals surface area (Å²) in [5.41, 5.74) is 5.23. The molecule has 0 saturated heterocycles. The normalized spacial score (nSPS) is 11.9. The highest BCUT2D eigenvalue weighted by molar-refractivity contribution is 7.15. The first-order valence-electron chi connectivity index (χ1n) is 12.1. The Morgan fingerprint density at radius 3 is 2.33 bits per heavy atom. The second kappa shape index (κ2) is 12.0. The van der Waals surface area contributed by atoms with Crippen molar-refractivity contribution in [2.45, 2.75) is 46.8 Å². The molecular weight excluding hydrogens is 474 g/mol. The summed E-state index contributed by atoms with van der Waals surface area (Å²) in [7, 11) is 0. The third-order valence-corrected chi connectivity index (χ3v) is 6.99. The molecule has 0 bridgehead atoms. The summed E-state index contributed by atoms with van der Waals surface area (Å²) < 4.78 is 22.1. The van der Waals surface area contributed by atoms with Crippen molar-refractivity contribution in [2.24, 2.45) is 0 Å². The molecule has 0 aliphatic carbocycles. The number of esters is 1. The van der Waals surface area contributed by atoms with Crippen LogP contribution in [0.4, 0.5) is 0 Å². The van der Waals surface area contributed by atoms with E-state index in [1.165, 1.54) is 15.3 Å². The third-order valence-electron chi connectivity index (χ3n) is 5.73. The van der Waals surface area contributed by atoms with Gasteiger partial charge in [-0.3, -0.25) is 0 Å². The highest BCUT2D eigenvalue weighted by Gasteiger charge is 2.20. The number of rotatable bonds is 11. The van der Waals surface area contributed by atoms with Gasteiger partial charge in [0.2, 0.25) is 0 Å². The Morgan fingerprint density at radius 1 is 0.972 bits per heavy atom. The lowest BCUT2D eigenvalue weighted by Crippen LogP contribution is -2.28. The van der Waals surface area contributed by atoms with Crippen LogP contribution in [-0.2, 0) is 27.3 Å². The maximum absolute atomic E-state index is 12.1. The zero-order chi connectivity index (χ0) is 25.5. The summed E-state index contributed by atoms with van der Waals surface area (Å²) in [5.74, 6) is 1.23. The summed E-state index contributed by atoms with van der Waals surface area (Å²) in [6.45, 7) is 8.98. The molecule has 0 spiro atoms. The van der Waals surface area contributed by atoms with Crippen molar-refractivity contribution in [1.82, 2.24) is 5.16 Å². The van der Waals surface area contributed by atoms with Gasteiger partial charge in [-0.05, 0) is 62.6 Å². The second-order valence-corrected chi connectivity index (χ2v) is 9.60. The molecule has 1 unspecified atom stereocenters. The van der Waals surface area contributed by atoms with E-state index in [1.54, 1.807) is 18.3 Å². The smallest absolute Gasteiger partial charge is 0.335 e. The van der Waals surface area contributed by atoms with E-state index in [4.69, 9.17) is 18.7 Å². The Morgan fingerprint density at radius 2 is 1.69 bits per heavy atom. The van der Waals surface area contributed by atoms with E-state index in [0.29, 0.717) is 26.2 Å². The summed E-state index contributed by atoms with van der Waals surface area (Å²) in [6, 6.07) is 20.2. The van der Waals surface area contributed by atoms with Crippen LogP contribution in [0.2, 0.25) is 0 Å². The van der Waals surface area contributed by atoms with Crippen LogP contribution in [0.3, 0.4) is 0 Å². The monoisotopic (exact) mass is 505 g/mol. The SMILES string of the molecule is CCOC(=O)C(Cc1ccc(OCc2sc(-c3ccc(-c4cc(C)no4)cc3)cc2C)cc1)OCC. The number of hydrogen-bond donors (Lipinski definition) is 0. The quantitative estimate of drug-likeness (QED) is 0.209. The molecule has 2 aromatic carbocycles. The van der Waals surface area contributed by atoms with E-state index in [2.05, 4.69) is 42.4 Å². The maximum atomic E-state index is 12.1. The summed E-state index contributed by atoms with van der Waals surface area (Å²) in [5, 5.41) is 3.96. The van der Waals surface area contributed by atoms with Crippen molar-refractivity contribution in [3.63, 3.8) is 0 Å². The van der Waals surface area contributed by atoms with Crippen molar-refractivity contribution >= 4 is 17.3 Å². The number of carbonyl (C=O) groups is 1. The van der Waals surface area contributed by atoms with Crippen LogP contribution in [0, 0.1) is 13.8 Å². The van der Waals surface area contributed by atoms with Crippen LogP contribution in [-0.4, -0.2) is 30.4 Å². The topological polar surface area (TPSA) is 70.8 Å². The predicted octanol–water partition coefficient (Wildman–Crippen LogP) is 6.78. The lowest BCUT2D eigenvalue weighted by molar-refractivity contribution is -0.156. The number of hydrogen-bond acceptors (Lipinski definition) is 7. The molecule has 4 aromatic rings. The summed E-state index contributed by atoms with van der Waals surface area (Å²) >= 11 is 1.73. The van der Waals surface area contributed by atoms with Gasteiger partial charge in [0.25, 0.3) is 0 Å². The minimum absolute atomic E-state index is 0.327. The molecule has 2 aromatic heterocycles. The molecule has 0 fully saturated rings. The van der Waals surface area contributed by atoms with E-state index in [9.17, 15) is 4.79 Å². The van der Waals surface area contributed by atoms with Gasteiger partial charge in [0.15, 0.2) is 11.9 Å². The maximum Gasteiger partial charge on any atom is 0.335 e. The highest BCUT2D eigenvalue weighted by atomic mass is 32.1. The van der Waals surface area contributed by atoms with Crippen molar-refractivity contribution in [1.29, 1.82) is 0 Å². The Hall–Kier alpha value is -3.42. The molecule has 4 rings (SSSR count). The molecule has 7 heteroatoms. The fourth-order valence-electron chi connectivity index (χ4n) is 3.84. The zero-order valence-electron chi connectivity index (χ0n) is 21.1. The minimum atomic E-state index is -0.595. The van der Waals surface area contributed by atoms with E-state index >= 15 is 0 Å². The number of aryl methyl sites for hydroxylation is 2. The van der Waals surface area contributed by atoms with Crippen LogP contribution in [0.15, 0.2) is 65.2 Å². The lowest BCUT2D eigenvalue weighted by atomic mass is 10.1. The van der Waals surface area contributed by atoms with Gasteiger partial charge in [0.05, 0.1) is 12.3 Å². The Balaban J connectivity index is 1.36. The van der Waals surface area contributed by atoms with Crippen LogP contribution in [0.25, 0.3) is 21.8 Å². The van der Waals surface area contributed by atoms with Crippen LogP contribution >= 0.6 is 11.3 Å². The summed E-state index contributed by atoms with van der Waals surface area (Å²) in [6.07, 6.45) is -0.127. The number of nitrogens with zero attached hydrogens (tertiary/aromatic N) is 1. The molecule has 0 N–H and O–H groups in total. The number of benzene rings is 2. The van der Waals surface area contributed by atoms with Crippen molar-refractivity contribution in [3.8, 4) is 27.5 Å². The largest absolute Gasteiger partial charge is 0.488 e. The van der Waals surface area contributed by atoms with E-state index < -0.39 is 6.10 Å². The second-order valence-electron chi connectivity index (χ2n) is 8.46. The average Bonchev–Trinajstić information content (AvgIpc) is 3.49. The molecule has 0 radical (unpaired) electrons. The van der Waals surface area contributed by atoms with E-state index in [-0.39, 0.29) is 5.97 Å². The molecule has 0 aliphatic heterocycles. The molecule has 0 aliphatic rings. The van der Waals surface area contributed by atoms with Gasteiger partial charge in [-0.1, -0.05) is 41.6 Å². The Bertz CT molecular complexity index is 1270. The van der Waals surface area contributed by atoms with Crippen LogP contribution < -0.4 is 4.74 Å². The van der Waals surface area contributed by atoms with Crippen LogP contribution in [0.5, 0.6) is 5.75 Å². The van der Waals surface area contributed by atoms with Crippen molar-refractivity contribution in [2.75, 3.05) is 13.2 Å². The third kappa shape index (κ3) is 6.42. The van der Waals surface area contributed by atoms with E-state index in [1.807, 2.05) is 44.2 Å². The van der Waals surface area contributed by atoms with Gasteiger partial charge < -0.3 is 18.7 Å². The van der Waals surface area contributed by atoms with Crippen LogP contribution in [0.1, 0.15) is 35.5 Å². The molecule has 36 heavy (non-hydrogen) atoms. The van der Waals surface area contributed by atoms with Gasteiger partial charge in [-0.15, -0.1) is 11.3 Å². The first-order valence-corrected chi connectivity index (χ1v) is 12.9. The number of thiophene rings is 1. The van der Waals surface area contributed by atoms with Gasteiger partial charge in [0.1, 0.15) is 12.4 Å². The zero-order valence-corrected chi connectivity index (χ0v) is 21.9. The lowest BCUT2D eigenvalue weighted by Gasteiger charge is -2.15. The standard InChI is InChI=1S/C29H31NO5S/c1-5-32-26(29(31)33-6-2)17-21-7-13-24(14-8-21)34-18-28-19(3)15-27(36-28)23-11-9-22(10-12-23)25-16-20(4)30-35-25/h7-16,26H,5-6,17-18H2,1-4H3. The summed E-state index contributed by atoms with van der Waals surface area (Å²) in [4.78, 5) is 14.5. The van der Waals surface area contributed by atoms with E-state index in [0.717, 1.165) is 33.9 Å². The predicted molar refractivity (Wildman–Crippen MR) is 141 cm³/mol. The highest BCUT2D eigenvalue weighted by Crippen LogP contribution is 2.33. The molecule has 2 heterocycles. The Labute approximate surface area is 215 Å². The first kappa shape index (κ1) is 25.7. The molecule has 1 atom stereocenters. The number of carbonyl (C=O) groups excluding carboxylic acids is 1. The molecule has 188 valence electrons. The fourth-order valence-corrected chi connectivity index (χ4v) is 4.93. The molecule has 6 nitrogen and oxygen atoms in total. The molecule has 0 amide bonds. The minimum Gasteiger partial charge on any atom is -0.488 e. The average molecular weight is 506 g/mol. The Kier molecular flexibility index (Phi) is 8.57. The fraction of sp³-hybridized carbons (Fsp3) is 0.310. The first-order chi connectivity index (χ1) is 17.5. The molecule has 0 saturated carbocycles. The van der Waals surface area contributed by atoms with Gasteiger partial charge >= 0.3 is 5.97 Å². The van der Waals surface area contributed by atoms with Gasteiger partial charge in [-0.2, -0.15) is 0 Å². The van der Waals surface area contributed by atoms with Gasteiger partial charge in [0, 0.05) is 34.4 Å². The molecular formula is C29H31NO5S. The van der Waals surface area contributed by atoms with Crippen molar-refractivity contribution < 1.29 is 23.5 Å². The number of ether oxygens (including phenoxy) is 3. The van der Waals surface area contributed by atoms with Crippen molar-refractivity contribution in [3.05, 3.63) is 82.4 Å².